The molecule has 7 nitrogen and oxygen atoms in total. The van der Waals surface area contributed by atoms with Gasteiger partial charge >= 0.3 is 0 Å². The van der Waals surface area contributed by atoms with Crippen LogP contribution in [-0.4, -0.2) is 38.3 Å². The van der Waals surface area contributed by atoms with Gasteiger partial charge in [0.25, 0.3) is 0 Å². The Morgan fingerprint density at radius 1 is 1.07 bits per heavy atom. The number of nitrogens with zero attached hydrogens (tertiary/aromatic N) is 2. The summed E-state index contributed by atoms with van der Waals surface area (Å²) >= 11 is 0. The minimum absolute atomic E-state index is 0. The molecule has 0 amide bonds. The van der Waals surface area contributed by atoms with Crippen molar-refractivity contribution < 1.29 is 13.9 Å². The topological polar surface area (TPSA) is 80.9 Å². The summed E-state index contributed by atoms with van der Waals surface area (Å²) in [4.78, 5) is 8.69. The number of hydrogen-bond acceptors (Lipinski definition) is 5. The number of hydrogen-bond donors (Lipinski definition) is 2. The van der Waals surface area contributed by atoms with E-state index in [9.17, 15) is 0 Å². The van der Waals surface area contributed by atoms with Crippen molar-refractivity contribution in [1.29, 1.82) is 0 Å². The molecule has 0 atom stereocenters. The Bertz CT molecular complexity index is 900. The van der Waals surface area contributed by atoms with Gasteiger partial charge in [0, 0.05) is 18.7 Å². The minimum Gasteiger partial charge on any atom is -0.497 e. The van der Waals surface area contributed by atoms with Gasteiger partial charge in [-0.2, -0.15) is 0 Å². The van der Waals surface area contributed by atoms with Crippen molar-refractivity contribution in [3.05, 3.63) is 66.6 Å². The Balaban J connectivity index is 0.00000300. The molecule has 0 radical (unpaired) electrons. The Kier molecular flexibility index (Phi) is 9.29. The van der Waals surface area contributed by atoms with Crippen molar-refractivity contribution in [3.8, 4) is 23.0 Å². The molecular weight excluding hydrogens is 483 g/mol. The third kappa shape index (κ3) is 6.97. The summed E-state index contributed by atoms with van der Waals surface area (Å²) in [6.07, 6.45) is 1.65. The first-order chi connectivity index (χ1) is 13.8. The van der Waals surface area contributed by atoms with Crippen LogP contribution in [0, 0.1) is 0 Å². The zero-order valence-electron chi connectivity index (χ0n) is 16.4. The molecule has 2 N–H and O–H groups in total. The first kappa shape index (κ1) is 22.5. The molecule has 0 aliphatic carbocycles. The van der Waals surface area contributed by atoms with Gasteiger partial charge in [-0.15, -0.1) is 24.0 Å². The smallest absolute Gasteiger partial charge is 0.226 e. The second-order valence-corrected chi connectivity index (χ2v) is 5.89. The second kappa shape index (κ2) is 11.9. The maximum Gasteiger partial charge on any atom is 0.226 e. The molecule has 154 valence electrons. The molecule has 3 aromatic rings. The predicted molar refractivity (Wildman–Crippen MR) is 124 cm³/mol. The van der Waals surface area contributed by atoms with E-state index in [0.29, 0.717) is 31.5 Å². The van der Waals surface area contributed by atoms with Gasteiger partial charge in [-0.05, 0) is 24.3 Å². The number of rotatable bonds is 8. The quantitative estimate of drug-likeness (QED) is 0.209. The van der Waals surface area contributed by atoms with Crippen molar-refractivity contribution in [2.75, 3.05) is 27.3 Å². The molecule has 29 heavy (non-hydrogen) atoms. The Morgan fingerprint density at radius 2 is 1.86 bits per heavy atom. The van der Waals surface area contributed by atoms with E-state index in [1.165, 1.54) is 0 Å². The normalized spacial score (nSPS) is 10.8. The first-order valence-electron chi connectivity index (χ1n) is 8.99. The number of methoxy groups -OCH3 is 1. The third-order valence-corrected chi connectivity index (χ3v) is 3.94. The largest absolute Gasteiger partial charge is 0.497 e. The SMILES string of the molecule is CN=C(NCCOc1cccc(OC)c1)NCc1coc(-c2ccccc2)n1.I. The highest BCUT2D eigenvalue weighted by Gasteiger charge is 2.07. The van der Waals surface area contributed by atoms with Gasteiger partial charge in [0.1, 0.15) is 24.4 Å². The molecule has 8 heteroatoms. The summed E-state index contributed by atoms with van der Waals surface area (Å²) in [7, 11) is 3.35. The molecule has 0 bridgehead atoms. The second-order valence-electron chi connectivity index (χ2n) is 5.89. The number of halogens is 1. The van der Waals surface area contributed by atoms with Crippen molar-refractivity contribution in [1.82, 2.24) is 15.6 Å². The monoisotopic (exact) mass is 508 g/mol. The lowest BCUT2D eigenvalue weighted by Gasteiger charge is -2.12. The predicted octanol–water partition coefficient (Wildman–Crippen LogP) is 3.71. The van der Waals surface area contributed by atoms with Crippen molar-refractivity contribution in [2.45, 2.75) is 6.54 Å². The molecule has 1 heterocycles. The number of aliphatic imine (C=N–C) groups is 1. The molecule has 0 aliphatic heterocycles. The number of aromatic nitrogens is 1. The lowest BCUT2D eigenvalue weighted by molar-refractivity contribution is 0.319. The molecule has 0 aliphatic rings. The highest BCUT2D eigenvalue weighted by atomic mass is 127. The first-order valence-corrected chi connectivity index (χ1v) is 8.99. The minimum atomic E-state index is 0. The lowest BCUT2D eigenvalue weighted by atomic mass is 10.2. The standard InChI is InChI=1S/C21H24N4O3.HI/c1-22-21(23-11-12-27-19-10-6-9-18(13-19)26-2)24-14-17-15-28-20(25-17)16-7-4-3-5-8-16;/h3-10,13,15H,11-12,14H2,1-2H3,(H2,22,23,24);1H. The van der Waals surface area contributed by atoms with Crippen LogP contribution in [0.25, 0.3) is 11.5 Å². The van der Waals surface area contributed by atoms with E-state index in [1.807, 2.05) is 54.6 Å². The number of benzene rings is 2. The van der Waals surface area contributed by atoms with Gasteiger partial charge in [0.05, 0.1) is 25.9 Å². The average Bonchev–Trinajstić information content (AvgIpc) is 3.23. The van der Waals surface area contributed by atoms with Gasteiger partial charge < -0.3 is 24.5 Å². The van der Waals surface area contributed by atoms with E-state index < -0.39 is 0 Å². The Morgan fingerprint density at radius 3 is 2.62 bits per heavy atom. The summed E-state index contributed by atoms with van der Waals surface area (Å²) < 4.78 is 16.4. The summed E-state index contributed by atoms with van der Waals surface area (Å²) in [5.74, 6) is 2.80. The molecule has 0 saturated heterocycles. The average molecular weight is 508 g/mol. The van der Waals surface area contributed by atoms with Gasteiger partial charge in [0.2, 0.25) is 5.89 Å². The third-order valence-electron chi connectivity index (χ3n) is 3.94. The van der Waals surface area contributed by atoms with Crippen LogP contribution in [0.4, 0.5) is 0 Å². The molecule has 1 aromatic heterocycles. The number of oxazole rings is 1. The maximum atomic E-state index is 5.71. The molecule has 0 spiro atoms. The lowest BCUT2D eigenvalue weighted by Crippen LogP contribution is -2.38. The van der Waals surface area contributed by atoms with Crippen LogP contribution in [0.3, 0.4) is 0 Å². The summed E-state index contributed by atoms with van der Waals surface area (Å²) in [5.41, 5.74) is 1.75. The Hall–Kier alpha value is -2.75. The fraction of sp³-hybridized carbons (Fsp3) is 0.238. The van der Waals surface area contributed by atoms with Crippen LogP contribution in [0.15, 0.2) is 70.3 Å². The molecule has 2 aromatic carbocycles. The Labute approximate surface area is 187 Å². The van der Waals surface area contributed by atoms with E-state index in [4.69, 9.17) is 13.9 Å². The van der Waals surface area contributed by atoms with Gasteiger partial charge in [-0.1, -0.05) is 24.3 Å². The van der Waals surface area contributed by atoms with E-state index >= 15 is 0 Å². The van der Waals surface area contributed by atoms with Gasteiger partial charge in [-0.25, -0.2) is 4.98 Å². The fourth-order valence-corrected chi connectivity index (χ4v) is 2.53. The zero-order chi connectivity index (χ0) is 19.6. The van der Waals surface area contributed by atoms with E-state index in [-0.39, 0.29) is 24.0 Å². The van der Waals surface area contributed by atoms with Crippen molar-refractivity contribution in [2.24, 2.45) is 4.99 Å². The summed E-state index contributed by atoms with van der Waals surface area (Å²) in [6, 6.07) is 17.3. The van der Waals surface area contributed by atoms with Crippen LogP contribution >= 0.6 is 24.0 Å². The number of nitrogens with one attached hydrogen (secondary N) is 2. The maximum absolute atomic E-state index is 5.71. The van der Waals surface area contributed by atoms with E-state index in [0.717, 1.165) is 22.8 Å². The summed E-state index contributed by atoms with van der Waals surface area (Å²) in [6.45, 7) is 1.60. The van der Waals surface area contributed by atoms with E-state index in [2.05, 4.69) is 20.6 Å². The van der Waals surface area contributed by atoms with Crippen LogP contribution < -0.4 is 20.1 Å². The van der Waals surface area contributed by atoms with Gasteiger partial charge in [0.15, 0.2) is 5.96 Å². The highest BCUT2D eigenvalue weighted by Crippen LogP contribution is 2.19. The van der Waals surface area contributed by atoms with Crippen LogP contribution in [0.5, 0.6) is 11.5 Å². The molecule has 0 saturated carbocycles. The molecule has 3 rings (SSSR count). The number of guanidine groups is 1. The van der Waals surface area contributed by atoms with E-state index in [1.54, 1.807) is 20.4 Å². The van der Waals surface area contributed by atoms with Crippen molar-refractivity contribution >= 4 is 29.9 Å². The van der Waals surface area contributed by atoms with Gasteiger partial charge in [-0.3, -0.25) is 4.99 Å². The zero-order valence-corrected chi connectivity index (χ0v) is 18.8. The molecule has 0 fully saturated rings. The molecule has 0 unspecified atom stereocenters. The van der Waals surface area contributed by atoms with Crippen LogP contribution in [-0.2, 0) is 6.54 Å². The van der Waals surface area contributed by atoms with Crippen LogP contribution in [0.2, 0.25) is 0 Å². The summed E-state index contributed by atoms with van der Waals surface area (Å²) in [5, 5.41) is 6.41. The fourth-order valence-electron chi connectivity index (χ4n) is 2.53. The molecular formula is C21H25IN4O3. The highest BCUT2D eigenvalue weighted by molar-refractivity contribution is 14.0. The van der Waals surface area contributed by atoms with Crippen LogP contribution in [0.1, 0.15) is 5.69 Å². The number of ether oxygens (including phenoxy) is 2. The van der Waals surface area contributed by atoms with Crippen molar-refractivity contribution in [3.63, 3.8) is 0 Å².